The number of hydrogen-bond donors (Lipinski definition) is 2. The molecule has 0 aromatic heterocycles. The first-order chi connectivity index (χ1) is 16.1. The van der Waals surface area contributed by atoms with E-state index in [2.05, 4.69) is 10.0 Å². The van der Waals surface area contributed by atoms with Gasteiger partial charge in [0, 0.05) is 24.2 Å². The van der Waals surface area contributed by atoms with Crippen molar-refractivity contribution in [2.75, 3.05) is 18.9 Å². The van der Waals surface area contributed by atoms with Gasteiger partial charge in [-0.2, -0.15) is 0 Å². The lowest BCUT2D eigenvalue weighted by Crippen LogP contribution is -2.23. The van der Waals surface area contributed by atoms with Crippen molar-refractivity contribution in [2.45, 2.75) is 18.4 Å². The average molecular weight is 486 g/mol. The molecule has 3 aromatic rings. The van der Waals surface area contributed by atoms with Crippen molar-refractivity contribution in [3.05, 3.63) is 87.5 Å². The number of nitrogens with zero attached hydrogens (tertiary/aromatic N) is 1. The van der Waals surface area contributed by atoms with Crippen LogP contribution in [0.4, 0.5) is 11.4 Å². The van der Waals surface area contributed by atoms with E-state index < -0.39 is 14.9 Å². The Kier molecular flexibility index (Phi) is 7.37. The molecule has 11 heteroatoms. The number of benzene rings is 3. The number of sulfonamides is 1. The summed E-state index contributed by atoms with van der Waals surface area (Å²) in [6.45, 7) is 2.18. The van der Waals surface area contributed by atoms with Gasteiger partial charge in [0.2, 0.25) is 0 Å². The van der Waals surface area contributed by atoms with Gasteiger partial charge in [-0.15, -0.1) is 0 Å². The molecule has 0 aliphatic carbocycles. The fourth-order valence-corrected chi connectivity index (χ4v) is 4.20. The number of non-ortho nitro benzene ring substituents is 1. The first-order valence-electron chi connectivity index (χ1n) is 10.0. The zero-order valence-corrected chi connectivity index (χ0v) is 19.5. The van der Waals surface area contributed by atoms with Gasteiger partial charge in [-0.25, -0.2) is 8.42 Å². The van der Waals surface area contributed by atoms with Crippen LogP contribution in [0.1, 0.15) is 21.5 Å². The van der Waals surface area contributed by atoms with Crippen LogP contribution in [0, 0.1) is 17.0 Å². The molecule has 34 heavy (non-hydrogen) atoms. The van der Waals surface area contributed by atoms with Gasteiger partial charge in [-0.05, 0) is 54.4 Å². The van der Waals surface area contributed by atoms with Gasteiger partial charge in [0.25, 0.3) is 21.6 Å². The van der Waals surface area contributed by atoms with Gasteiger partial charge in [-0.1, -0.05) is 12.1 Å². The molecule has 1 amide bonds. The van der Waals surface area contributed by atoms with Crippen molar-refractivity contribution in [1.82, 2.24) is 5.32 Å². The highest BCUT2D eigenvalue weighted by atomic mass is 32.2. The number of aryl methyl sites for hydroxylation is 1. The van der Waals surface area contributed by atoms with E-state index >= 15 is 0 Å². The van der Waals surface area contributed by atoms with Crippen LogP contribution in [0.3, 0.4) is 0 Å². The van der Waals surface area contributed by atoms with Gasteiger partial charge in [0.1, 0.15) is 11.5 Å². The fourth-order valence-electron chi connectivity index (χ4n) is 3.14. The van der Waals surface area contributed by atoms with E-state index in [4.69, 9.17) is 9.47 Å². The molecule has 0 saturated heterocycles. The van der Waals surface area contributed by atoms with Crippen LogP contribution in [-0.2, 0) is 16.6 Å². The summed E-state index contributed by atoms with van der Waals surface area (Å²) in [4.78, 5) is 22.7. The minimum atomic E-state index is -4.10. The molecule has 0 heterocycles. The molecule has 0 atom stereocenters. The number of nitro benzene ring substituents is 1. The lowest BCUT2D eigenvalue weighted by atomic mass is 10.1. The predicted octanol–water partition coefficient (Wildman–Crippen LogP) is 3.65. The number of ether oxygens (including phenoxy) is 2. The molecular weight excluding hydrogens is 462 g/mol. The van der Waals surface area contributed by atoms with Gasteiger partial charge in [-0.3, -0.25) is 19.6 Å². The lowest BCUT2D eigenvalue weighted by molar-refractivity contribution is -0.384. The van der Waals surface area contributed by atoms with Crippen molar-refractivity contribution in [1.29, 1.82) is 0 Å². The molecule has 0 bridgehead atoms. The van der Waals surface area contributed by atoms with Gasteiger partial charge in [0.05, 0.1) is 29.7 Å². The third kappa shape index (κ3) is 5.62. The van der Waals surface area contributed by atoms with Crippen LogP contribution in [0.25, 0.3) is 0 Å². The Labute approximate surface area is 196 Å². The first kappa shape index (κ1) is 24.5. The molecular formula is C23H23N3O7S. The number of rotatable bonds is 9. The van der Waals surface area contributed by atoms with Crippen LogP contribution in [0.5, 0.6) is 11.5 Å². The predicted molar refractivity (Wildman–Crippen MR) is 126 cm³/mol. The van der Waals surface area contributed by atoms with Gasteiger partial charge >= 0.3 is 0 Å². The quantitative estimate of drug-likeness (QED) is 0.349. The lowest BCUT2D eigenvalue weighted by Gasteiger charge is -2.12. The Balaban J connectivity index is 1.72. The monoisotopic (exact) mass is 485 g/mol. The normalized spacial score (nSPS) is 10.9. The molecule has 2 N–H and O–H groups in total. The van der Waals surface area contributed by atoms with Crippen LogP contribution < -0.4 is 19.5 Å². The van der Waals surface area contributed by atoms with Crippen LogP contribution in [0.15, 0.2) is 65.6 Å². The molecule has 0 aliphatic heterocycles. The second-order valence-electron chi connectivity index (χ2n) is 7.26. The van der Waals surface area contributed by atoms with Crippen molar-refractivity contribution >= 4 is 27.3 Å². The minimum Gasteiger partial charge on any atom is -0.496 e. The van der Waals surface area contributed by atoms with Crippen LogP contribution >= 0.6 is 0 Å². The highest BCUT2D eigenvalue weighted by Crippen LogP contribution is 2.31. The largest absolute Gasteiger partial charge is 0.496 e. The smallest absolute Gasteiger partial charge is 0.271 e. The summed E-state index contributed by atoms with van der Waals surface area (Å²) in [6, 6.07) is 14.5. The average Bonchev–Trinajstić information content (AvgIpc) is 2.83. The Morgan fingerprint density at radius 2 is 1.65 bits per heavy atom. The summed E-state index contributed by atoms with van der Waals surface area (Å²) in [7, 11) is -1.20. The molecule has 0 fully saturated rings. The number of anilines is 1. The first-order valence-corrected chi connectivity index (χ1v) is 11.5. The summed E-state index contributed by atoms with van der Waals surface area (Å²) >= 11 is 0. The van der Waals surface area contributed by atoms with E-state index in [1.54, 1.807) is 7.11 Å². The summed E-state index contributed by atoms with van der Waals surface area (Å²) in [5.74, 6) is 0.462. The summed E-state index contributed by atoms with van der Waals surface area (Å²) in [5, 5.41) is 13.8. The molecule has 10 nitrogen and oxygen atoms in total. The molecule has 0 spiro atoms. The van der Waals surface area contributed by atoms with E-state index in [1.165, 1.54) is 43.5 Å². The van der Waals surface area contributed by atoms with Crippen molar-refractivity contribution in [3.8, 4) is 11.5 Å². The molecule has 3 rings (SSSR count). The second kappa shape index (κ2) is 10.2. The summed E-state index contributed by atoms with van der Waals surface area (Å²) < 4.78 is 38.2. The van der Waals surface area contributed by atoms with Crippen molar-refractivity contribution in [3.63, 3.8) is 0 Å². The number of amides is 1. The van der Waals surface area contributed by atoms with Gasteiger partial charge < -0.3 is 14.8 Å². The maximum atomic E-state index is 12.8. The highest BCUT2D eigenvalue weighted by molar-refractivity contribution is 7.92. The number of methoxy groups -OCH3 is 2. The standard InChI is InChI=1S/C23H23N3O7S/c1-15-4-5-16(12-22(15)33-3)14-24-23(27)17-6-9-19(10-7-17)34(30,31)25-20-13-18(26(28)29)8-11-21(20)32-2/h4-13,25H,14H2,1-3H3,(H,24,27). The maximum Gasteiger partial charge on any atom is 0.271 e. The topological polar surface area (TPSA) is 137 Å². The Morgan fingerprint density at radius 3 is 2.26 bits per heavy atom. The maximum absolute atomic E-state index is 12.8. The second-order valence-corrected chi connectivity index (χ2v) is 8.94. The van der Waals surface area contributed by atoms with E-state index in [9.17, 15) is 23.3 Å². The van der Waals surface area contributed by atoms with E-state index in [-0.39, 0.29) is 40.0 Å². The number of carbonyl (C=O) groups excluding carboxylic acids is 1. The van der Waals surface area contributed by atoms with E-state index in [0.29, 0.717) is 5.75 Å². The van der Waals surface area contributed by atoms with E-state index in [1.807, 2.05) is 25.1 Å². The Morgan fingerprint density at radius 1 is 0.971 bits per heavy atom. The van der Waals surface area contributed by atoms with Crippen molar-refractivity contribution < 1.29 is 27.6 Å². The molecule has 0 saturated carbocycles. The Hall–Kier alpha value is -4.12. The number of hydrogen-bond acceptors (Lipinski definition) is 7. The fraction of sp³-hybridized carbons (Fsp3) is 0.174. The number of carbonyl (C=O) groups is 1. The highest BCUT2D eigenvalue weighted by Gasteiger charge is 2.20. The molecule has 0 radical (unpaired) electrons. The number of nitro groups is 1. The third-order valence-electron chi connectivity index (χ3n) is 4.99. The SMILES string of the molecule is COc1cc(CNC(=O)c2ccc(S(=O)(=O)Nc3cc([N+](=O)[O-])ccc3OC)cc2)ccc1C. The molecule has 0 unspecified atom stereocenters. The number of nitrogens with one attached hydrogen (secondary N) is 2. The van der Waals surface area contributed by atoms with Crippen molar-refractivity contribution in [2.24, 2.45) is 0 Å². The summed E-state index contributed by atoms with van der Waals surface area (Å²) in [5.41, 5.74) is 1.73. The summed E-state index contributed by atoms with van der Waals surface area (Å²) in [6.07, 6.45) is 0. The minimum absolute atomic E-state index is 0.0768. The zero-order chi connectivity index (χ0) is 24.9. The third-order valence-corrected chi connectivity index (χ3v) is 6.37. The van der Waals surface area contributed by atoms with Crippen LogP contribution in [0.2, 0.25) is 0 Å². The van der Waals surface area contributed by atoms with Crippen LogP contribution in [-0.4, -0.2) is 33.5 Å². The molecule has 0 aliphatic rings. The zero-order valence-electron chi connectivity index (χ0n) is 18.7. The van der Waals surface area contributed by atoms with E-state index in [0.717, 1.165) is 17.2 Å². The molecule has 178 valence electrons. The Bertz CT molecular complexity index is 1320. The molecule has 3 aromatic carbocycles. The van der Waals surface area contributed by atoms with Gasteiger partial charge in [0.15, 0.2) is 0 Å².